The molecule has 21 heavy (non-hydrogen) atoms. The Morgan fingerprint density at radius 1 is 1.24 bits per heavy atom. The summed E-state index contributed by atoms with van der Waals surface area (Å²) in [6.07, 6.45) is 4.48. The lowest BCUT2D eigenvalue weighted by Gasteiger charge is -2.21. The van der Waals surface area contributed by atoms with Crippen molar-refractivity contribution in [3.05, 3.63) is 42.2 Å². The SMILES string of the molecule is CCCOc1ccc(OC(c2cnn(C)c2)C(C)N)cc1. The average molecular weight is 289 g/mol. The van der Waals surface area contributed by atoms with E-state index >= 15 is 0 Å². The predicted molar refractivity (Wildman–Crippen MR) is 82.5 cm³/mol. The molecule has 0 aliphatic rings. The molecular weight excluding hydrogens is 266 g/mol. The fourth-order valence-corrected chi connectivity index (χ4v) is 2.05. The smallest absolute Gasteiger partial charge is 0.141 e. The average Bonchev–Trinajstić information content (AvgIpc) is 2.89. The normalized spacial score (nSPS) is 13.7. The third-order valence-electron chi connectivity index (χ3n) is 3.09. The number of hydrogen-bond donors (Lipinski definition) is 1. The van der Waals surface area contributed by atoms with Gasteiger partial charge >= 0.3 is 0 Å². The summed E-state index contributed by atoms with van der Waals surface area (Å²) in [4.78, 5) is 0. The van der Waals surface area contributed by atoms with Crippen molar-refractivity contribution < 1.29 is 9.47 Å². The van der Waals surface area contributed by atoms with Gasteiger partial charge in [0, 0.05) is 24.8 Å². The number of ether oxygens (including phenoxy) is 2. The first-order valence-corrected chi connectivity index (χ1v) is 7.23. The molecule has 2 unspecified atom stereocenters. The summed E-state index contributed by atoms with van der Waals surface area (Å²) in [5.74, 6) is 1.62. The van der Waals surface area contributed by atoms with Crippen LogP contribution in [0.4, 0.5) is 0 Å². The van der Waals surface area contributed by atoms with Gasteiger partial charge in [0.15, 0.2) is 0 Å². The van der Waals surface area contributed by atoms with E-state index < -0.39 is 0 Å². The first kappa shape index (κ1) is 15.4. The number of rotatable bonds is 7. The highest BCUT2D eigenvalue weighted by Crippen LogP contribution is 2.25. The molecule has 0 aliphatic heterocycles. The minimum atomic E-state index is -0.221. The molecule has 0 spiro atoms. The molecule has 2 atom stereocenters. The minimum absolute atomic E-state index is 0.134. The van der Waals surface area contributed by atoms with E-state index in [1.807, 2.05) is 44.4 Å². The fourth-order valence-electron chi connectivity index (χ4n) is 2.05. The van der Waals surface area contributed by atoms with E-state index in [9.17, 15) is 0 Å². The van der Waals surface area contributed by atoms with Gasteiger partial charge in [0.2, 0.25) is 0 Å². The van der Waals surface area contributed by atoms with Gasteiger partial charge in [-0.15, -0.1) is 0 Å². The van der Waals surface area contributed by atoms with E-state index in [0.29, 0.717) is 0 Å². The standard InChI is InChI=1S/C16H23N3O2/c1-4-9-20-14-5-7-15(8-6-14)21-16(12(2)17)13-10-18-19(3)11-13/h5-8,10-12,16H,4,9,17H2,1-3H3. The van der Waals surface area contributed by atoms with Crippen LogP contribution >= 0.6 is 0 Å². The molecular formula is C16H23N3O2. The van der Waals surface area contributed by atoms with Gasteiger partial charge in [0.25, 0.3) is 0 Å². The molecule has 0 saturated carbocycles. The van der Waals surface area contributed by atoms with Crippen LogP contribution in [0.15, 0.2) is 36.7 Å². The number of nitrogens with zero attached hydrogens (tertiary/aromatic N) is 2. The van der Waals surface area contributed by atoms with Crippen LogP contribution in [0.3, 0.4) is 0 Å². The second-order valence-electron chi connectivity index (χ2n) is 5.16. The van der Waals surface area contributed by atoms with E-state index in [1.54, 1.807) is 10.9 Å². The third-order valence-corrected chi connectivity index (χ3v) is 3.09. The van der Waals surface area contributed by atoms with Crippen molar-refractivity contribution in [2.24, 2.45) is 12.8 Å². The molecule has 2 rings (SSSR count). The minimum Gasteiger partial charge on any atom is -0.494 e. The van der Waals surface area contributed by atoms with Crippen molar-refractivity contribution in [3.63, 3.8) is 0 Å². The van der Waals surface area contributed by atoms with E-state index in [0.717, 1.165) is 30.1 Å². The van der Waals surface area contributed by atoms with E-state index in [-0.39, 0.29) is 12.1 Å². The lowest BCUT2D eigenvalue weighted by atomic mass is 10.1. The van der Waals surface area contributed by atoms with E-state index in [2.05, 4.69) is 12.0 Å². The topological polar surface area (TPSA) is 62.3 Å². The fraction of sp³-hybridized carbons (Fsp3) is 0.438. The van der Waals surface area contributed by atoms with Gasteiger partial charge in [0.05, 0.1) is 12.8 Å². The molecule has 0 amide bonds. The maximum absolute atomic E-state index is 6.03. The zero-order chi connectivity index (χ0) is 15.2. The van der Waals surface area contributed by atoms with Crippen LogP contribution in [-0.2, 0) is 7.05 Å². The van der Waals surface area contributed by atoms with Gasteiger partial charge in [-0.1, -0.05) is 6.92 Å². The zero-order valence-corrected chi connectivity index (χ0v) is 12.8. The highest BCUT2D eigenvalue weighted by molar-refractivity contribution is 5.32. The molecule has 0 saturated heterocycles. The second kappa shape index (κ2) is 7.13. The molecule has 0 fully saturated rings. The molecule has 5 nitrogen and oxygen atoms in total. The molecule has 2 N–H and O–H groups in total. The molecule has 1 aromatic carbocycles. The molecule has 0 aliphatic carbocycles. The molecule has 0 radical (unpaired) electrons. The van der Waals surface area contributed by atoms with Crippen LogP contribution in [0, 0.1) is 0 Å². The van der Waals surface area contributed by atoms with Crippen LogP contribution in [0.5, 0.6) is 11.5 Å². The van der Waals surface area contributed by atoms with Crippen LogP contribution < -0.4 is 15.2 Å². The van der Waals surface area contributed by atoms with E-state index in [4.69, 9.17) is 15.2 Å². The Kier molecular flexibility index (Phi) is 5.22. The Hall–Kier alpha value is -2.01. The summed E-state index contributed by atoms with van der Waals surface area (Å²) in [6, 6.07) is 7.48. The third kappa shape index (κ3) is 4.23. The van der Waals surface area contributed by atoms with Gasteiger partial charge in [-0.3, -0.25) is 4.68 Å². The number of aryl methyl sites for hydroxylation is 1. The maximum Gasteiger partial charge on any atom is 0.141 e. The van der Waals surface area contributed by atoms with Gasteiger partial charge in [0.1, 0.15) is 17.6 Å². The Balaban J connectivity index is 2.07. The first-order chi connectivity index (χ1) is 10.1. The molecule has 114 valence electrons. The van der Waals surface area contributed by atoms with Crippen molar-refractivity contribution in [3.8, 4) is 11.5 Å². The number of benzene rings is 1. The van der Waals surface area contributed by atoms with Crippen molar-refractivity contribution in [2.75, 3.05) is 6.61 Å². The Morgan fingerprint density at radius 3 is 2.43 bits per heavy atom. The number of nitrogens with two attached hydrogens (primary N) is 1. The van der Waals surface area contributed by atoms with Gasteiger partial charge in [-0.2, -0.15) is 5.10 Å². The highest BCUT2D eigenvalue weighted by Gasteiger charge is 2.19. The lowest BCUT2D eigenvalue weighted by molar-refractivity contribution is 0.180. The van der Waals surface area contributed by atoms with Crippen LogP contribution in [0.2, 0.25) is 0 Å². The van der Waals surface area contributed by atoms with Gasteiger partial charge in [-0.05, 0) is 37.6 Å². The second-order valence-corrected chi connectivity index (χ2v) is 5.16. The number of hydrogen-bond acceptors (Lipinski definition) is 4. The highest BCUT2D eigenvalue weighted by atomic mass is 16.5. The van der Waals surface area contributed by atoms with E-state index in [1.165, 1.54) is 0 Å². The number of aromatic nitrogens is 2. The van der Waals surface area contributed by atoms with Crippen molar-refractivity contribution in [2.45, 2.75) is 32.4 Å². The van der Waals surface area contributed by atoms with Crippen molar-refractivity contribution in [1.29, 1.82) is 0 Å². The summed E-state index contributed by atoms with van der Waals surface area (Å²) in [6.45, 7) is 4.73. The quantitative estimate of drug-likeness (QED) is 0.851. The largest absolute Gasteiger partial charge is 0.494 e. The van der Waals surface area contributed by atoms with Crippen molar-refractivity contribution in [1.82, 2.24) is 9.78 Å². The summed E-state index contributed by atoms with van der Waals surface area (Å²) >= 11 is 0. The molecule has 2 aromatic rings. The van der Waals surface area contributed by atoms with Crippen LogP contribution in [0.25, 0.3) is 0 Å². The molecule has 1 heterocycles. The Labute approximate surface area is 125 Å². The summed E-state index contributed by atoms with van der Waals surface area (Å²) in [5.41, 5.74) is 7.01. The summed E-state index contributed by atoms with van der Waals surface area (Å²) in [5, 5.41) is 4.17. The lowest BCUT2D eigenvalue weighted by Crippen LogP contribution is -2.28. The van der Waals surface area contributed by atoms with Crippen LogP contribution in [0.1, 0.15) is 31.9 Å². The first-order valence-electron chi connectivity index (χ1n) is 7.23. The predicted octanol–water partition coefficient (Wildman–Crippen LogP) is 2.68. The molecule has 0 bridgehead atoms. The molecule has 5 heteroatoms. The van der Waals surface area contributed by atoms with Crippen LogP contribution in [-0.4, -0.2) is 22.4 Å². The summed E-state index contributed by atoms with van der Waals surface area (Å²) in [7, 11) is 1.88. The Morgan fingerprint density at radius 2 is 1.90 bits per heavy atom. The zero-order valence-electron chi connectivity index (χ0n) is 12.8. The van der Waals surface area contributed by atoms with Gasteiger partial charge < -0.3 is 15.2 Å². The monoisotopic (exact) mass is 289 g/mol. The summed E-state index contributed by atoms with van der Waals surface area (Å²) < 4.78 is 13.3. The van der Waals surface area contributed by atoms with Gasteiger partial charge in [-0.25, -0.2) is 0 Å². The Bertz CT molecular complexity index is 549. The molecule has 1 aromatic heterocycles. The maximum atomic E-state index is 6.03. The van der Waals surface area contributed by atoms with Crippen molar-refractivity contribution >= 4 is 0 Å².